The lowest BCUT2D eigenvalue weighted by Gasteiger charge is -2.30. The molecule has 3 rings (SSSR count). The van der Waals surface area contributed by atoms with E-state index in [0.29, 0.717) is 6.04 Å². The normalized spacial score (nSPS) is 19.1. The number of hydrogen-bond donors (Lipinski definition) is 2. The van der Waals surface area contributed by atoms with Crippen molar-refractivity contribution >= 4 is 10.9 Å². The van der Waals surface area contributed by atoms with Gasteiger partial charge >= 0.3 is 0 Å². The van der Waals surface area contributed by atoms with Gasteiger partial charge in [-0.05, 0) is 44.7 Å². The summed E-state index contributed by atoms with van der Waals surface area (Å²) in [4.78, 5) is 3.58. The lowest BCUT2D eigenvalue weighted by Crippen LogP contribution is -2.41. The fourth-order valence-corrected chi connectivity index (χ4v) is 3.04. The Balaban J connectivity index is 2.03. The van der Waals surface area contributed by atoms with Crippen molar-refractivity contribution in [3.63, 3.8) is 0 Å². The molecule has 0 aliphatic heterocycles. The van der Waals surface area contributed by atoms with Gasteiger partial charge in [0, 0.05) is 22.6 Å². The molecule has 0 saturated carbocycles. The summed E-state index contributed by atoms with van der Waals surface area (Å²) in [5, 5.41) is 4.96. The number of H-pyrrole nitrogens is 1. The summed E-state index contributed by atoms with van der Waals surface area (Å²) >= 11 is 0. The molecule has 0 spiro atoms. The van der Waals surface area contributed by atoms with Crippen molar-refractivity contribution in [1.29, 1.82) is 0 Å². The molecular formula is C17H20N2. The monoisotopic (exact) mass is 252 g/mol. The first kappa shape index (κ1) is 12.3. The second-order valence-corrected chi connectivity index (χ2v) is 5.92. The Labute approximate surface area is 114 Å². The SMILES string of the molecule is C#CC(C)(C)NC1CCCc2c1[nH]c1ccccc21. The molecule has 19 heavy (non-hydrogen) atoms. The van der Waals surface area contributed by atoms with Gasteiger partial charge in [0.2, 0.25) is 0 Å². The summed E-state index contributed by atoms with van der Waals surface area (Å²) in [5.41, 5.74) is 3.76. The van der Waals surface area contributed by atoms with Gasteiger partial charge in [0.05, 0.1) is 5.54 Å². The summed E-state index contributed by atoms with van der Waals surface area (Å²) in [6.07, 6.45) is 9.12. The minimum absolute atomic E-state index is 0.267. The standard InChI is InChI=1S/C17H20N2/c1-4-17(2,3)19-15-11-7-9-13-12-8-5-6-10-14(12)18-16(13)15/h1,5-6,8,10,15,18-19H,7,9,11H2,2-3H3. The van der Waals surface area contributed by atoms with Gasteiger partial charge in [-0.25, -0.2) is 0 Å². The number of aromatic nitrogens is 1. The fraction of sp³-hybridized carbons (Fsp3) is 0.412. The maximum Gasteiger partial charge on any atom is 0.0746 e. The summed E-state index contributed by atoms with van der Waals surface area (Å²) in [6.45, 7) is 4.12. The molecule has 2 N–H and O–H groups in total. The van der Waals surface area contributed by atoms with Crippen LogP contribution >= 0.6 is 0 Å². The van der Waals surface area contributed by atoms with E-state index in [4.69, 9.17) is 6.42 Å². The van der Waals surface area contributed by atoms with Crippen molar-refractivity contribution < 1.29 is 0 Å². The number of para-hydroxylation sites is 1. The third-order valence-corrected chi connectivity index (χ3v) is 4.01. The molecule has 0 fully saturated rings. The van der Waals surface area contributed by atoms with E-state index in [-0.39, 0.29) is 5.54 Å². The van der Waals surface area contributed by atoms with Crippen molar-refractivity contribution in [2.45, 2.75) is 44.7 Å². The van der Waals surface area contributed by atoms with Crippen LogP contribution in [-0.2, 0) is 6.42 Å². The summed E-state index contributed by atoms with van der Waals surface area (Å²) in [6, 6.07) is 8.88. The Morgan fingerprint density at radius 1 is 1.37 bits per heavy atom. The zero-order valence-electron chi connectivity index (χ0n) is 11.6. The van der Waals surface area contributed by atoms with E-state index in [1.54, 1.807) is 0 Å². The summed E-state index contributed by atoms with van der Waals surface area (Å²) in [7, 11) is 0. The van der Waals surface area contributed by atoms with Gasteiger partial charge in [-0.2, -0.15) is 0 Å². The molecule has 2 nitrogen and oxygen atoms in total. The van der Waals surface area contributed by atoms with E-state index in [1.807, 2.05) is 0 Å². The first-order valence-electron chi connectivity index (χ1n) is 6.96. The van der Waals surface area contributed by atoms with E-state index >= 15 is 0 Å². The number of benzene rings is 1. The van der Waals surface area contributed by atoms with Crippen LogP contribution in [0.25, 0.3) is 10.9 Å². The Hall–Kier alpha value is -1.72. The van der Waals surface area contributed by atoms with Crippen molar-refractivity contribution in [3.05, 3.63) is 35.5 Å². The molecule has 0 amide bonds. The van der Waals surface area contributed by atoms with Crippen molar-refractivity contribution in [1.82, 2.24) is 10.3 Å². The number of fused-ring (bicyclic) bond motifs is 3. The van der Waals surface area contributed by atoms with E-state index in [2.05, 4.69) is 54.3 Å². The van der Waals surface area contributed by atoms with Crippen LogP contribution < -0.4 is 5.32 Å². The predicted molar refractivity (Wildman–Crippen MR) is 80.0 cm³/mol. The molecule has 2 aromatic rings. The van der Waals surface area contributed by atoms with Crippen LogP contribution in [0.1, 0.15) is 44.0 Å². The molecule has 2 heteroatoms. The van der Waals surface area contributed by atoms with Crippen LogP contribution in [0, 0.1) is 12.3 Å². The number of aryl methyl sites for hydroxylation is 1. The van der Waals surface area contributed by atoms with Crippen molar-refractivity contribution in [3.8, 4) is 12.3 Å². The molecule has 1 aliphatic rings. The zero-order chi connectivity index (χ0) is 13.5. The Morgan fingerprint density at radius 2 is 2.16 bits per heavy atom. The highest BCUT2D eigenvalue weighted by molar-refractivity contribution is 5.85. The van der Waals surface area contributed by atoms with Crippen LogP contribution in [0.4, 0.5) is 0 Å². The largest absolute Gasteiger partial charge is 0.357 e. The molecular weight excluding hydrogens is 232 g/mol. The van der Waals surface area contributed by atoms with Crippen molar-refractivity contribution in [2.24, 2.45) is 0 Å². The minimum Gasteiger partial charge on any atom is -0.357 e. The van der Waals surface area contributed by atoms with Gasteiger partial charge in [-0.1, -0.05) is 24.1 Å². The van der Waals surface area contributed by atoms with E-state index in [1.165, 1.54) is 28.6 Å². The molecule has 1 aromatic carbocycles. The van der Waals surface area contributed by atoms with Crippen LogP contribution in [0.3, 0.4) is 0 Å². The maximum atomic E-state index is 5.60. The lowest BCUT2D eigenvalue weighted by atomic mass is 9.90. The van der Waals surface area contributed by atoms with Crippen molar-refractivity contribution in [2.75, 3.05) is 0 Å². The Morgan fingerprint density at radius 3 is 2.95 bits per heavy atom. The molecule has 1 aliphatic carbocycles. The van der Waals surface area contributed by atoms with E-state index < -0.39 is 0 Å². The fourth-order valence-electron chi connectivity index (χ4n) is 3.04. The average Bonchev–Trinajstić information content (AvgIpc) is 2.78. The maximum absolute atomic E-state index is 5.60. The van der Waals surface area contributed by atoms with Crippen LogP contribution in [-0.4, -0.2) is 10.5 Å². The molecule has 98 valence electrons. The van der Waals surface area contributed by atoms with Crippen LogP contribution in [0.2, 0.25) is 0 Å². The van der Waals surface area contributed by atoms with E-state index in [0.717, 1.165) is 12.8 Å². The molecule has 0 radical (unpaired) electrons. The predicted octanol–water partition coefficient (Wildman–Crippen LogP) is 3.55. The highest BCUT2D eigenvalue weighted by Gasteiger charge is 2.27. The Bertz CT molecular complexity index is 643. The van der Waals surface area contributed by atoms with Gasteiger partial charge in [-0.3, -0.25) is 5.32 Å². The highest BCUT2D eigenvalue weighted by Crippen LogP contribution is 2.35. The highest BCUT2D eigenvalue weighted by atomic mass is 15.0. The number of nitrogens with one attached hydrogen (secondary N) is 2. The second-order valence-electron chi connectivity index (χ2n) is 5.92. The second kappa shape index (κ2) is 4.43. The third kappa shape index (κ3) is 2.15. The van der Waals surface area contributed by atoms with E-state index in [9.17, 15) is 0 Å². The summed E-state index contributed by atoms with van der Waals surface area (Å²) < 4.78 is 0. The first-order chi connectivity index (χ1) is 9.11. The van der Waals surface area contributed by atoms with Crippen LogP contribution in [0.5, 0.6) is 0 Å². The van der Waals surface area contributed by atoms with Gasteiger partial charge in [0.1, 0.15) is 0 Å². The number of aromatic amines is 1. The minimum atomic E-state index is -0.267. The Kier molecular flexibility index (Phi) is 2.88. The number of rotatable bonds is 2. The zero-order valence-corrected chi connectivity index (χ0v) is 11.6. The molecule has 1 aromatic heterocycles. The molecule has 0 bridgehead atoms. The van der Waals surface area contributed by atoms with Gasteiger partial charge in [0.25, 0.3) is 0 Å². The topological polar surface area (TPSA) is 27.8 Å². The molecule has 1 heterocycles. The summed E-state index contributed by atoms with van der Waals surface area (Å²) in [5.74, 6) is 2.83. The lowest BCUT2D eigenvalue weighted by molar-refractivity contribution is 0.370. The number of terminal acetylenes is 1. The van der Waals surface area contributed by atoms with Gasteiger partial charge in [0.15, 0.2) is 0 Å². The van der Waals surface area contributed by atoms with Gasteiger partial charge in [-0.15, -0.1) is 6.42 Å². The molecule has 0 saturated heterocycles. The quantitative estimate of drug-likeness (QED) is 0.786. The first-order valence-corrected chi connectivity index (χ1v) is 6.96. The molecule has 1 unspecified atom stereocenters. The van der Waals surface area contributed by atoms with Gasteiger partial charge < -0.3 is 4.98 Å². The molecule has 1 atom stereocenters. The number of hydrogen-bond acceptors (Lipinski definition) is 1. The van der Waals surface area contributed by atoms with Crippen LogP contribution in [0.15, 0.2) is 24.3 Å². The average molecular weight is 252 g/mol. The smallest absolute Gasteiger partial charge is 0.0746 e. The third-order valence-electron chi connectivity index (χ3n) is 4.01.